The van der Waals surface area contributed by atoms with E-state index in [1.807, 2.05) is 0 Å². The van der Waals surface area contributed by atoms with Crippen molar-refractivity contribution in [1.82, 2.24) is 0 Å². The highest BCUT2D eigenvalue weighted by Crippen LogP contribution is 2.43. The number of nitrogens with two attached hydrogens (primary N) is 1. The van der Waals surface area contributed by atoms with Crippen molar-refractivity contribution in [1.29, 1.82) is 0 Å². The molecule has 0 radical (unpaired) electrons. The van der Waals surface area contributed by atoms with E-state index in [0.29, 0.717) is 13.0 Å². The molecule has 0 rings (SSSR count). The molecule has 63 heavy (non-hydrogen) atoms. The molecule has 0 bridgehead atoms. The minimum atomic E-state index is -4.28. The molecule has 0 aliphatic carbocycles. The number of esters is 1. The van der Waals surface area contributed by atoms with Crippen LogP contribution in [0.15, 0.2) is 0 Å². The molecule has 0 aromatic carbocycles. The Kier molecular flexibility index (Phi) is 52.1. The topological polar surface area (TPSA) is 117 Å². The van der Waals surface area contributed by atoms with Gasteiger partial charge in [-0.25, -0.2) is 4.57 Å². The lowest BCUT2D eigenvalue weighted by molar-refractivity contribution is -0.154. The molecular weight excluding hydrogens is 806 g/mol. The van der Waals surface area contributed by atoms with E-state index >= 15 is 0 Å². The highest BCUT2D eigenvalue weighted by Gasteiger charge is 2.25. The molecule has 3 N–H and O–H groups in total. The summed E-state index contributed by atoms with van der Waals surface area (Å²) in [5.41, 5.74) is 5.40. The largest absolute Gasteiger partial charge is 0.472 e. The molecule has 378 valence electrons. The number of phosphoric ester groups is 1. The van der Waals surface area contributed by atoms with Crippen molar-refractivity contribution in [3.63, 3.8) is 0 Å². The van der Waals surface area contributed by atoms with Gasteiger partial charge in [0, 0.05) is 19.6 Å². The van der Waals surface area contributed by atoms with Gasteiger partial charge >= 0.3 is 13.8 Å². The second-order valence-electron chi connectivity index (χ2n) is 19.2. The minimum Gasteiger partial charge on any atom is -0.457 e. The monoisotopic (exact) mass is 916 g/mol. The molecule has 0 saturated carbocycles. The van der Waals surface area contributed by atoms with Crippen molar-refractivity contribution in [3.05, 3.63) is 0 Å². The smallest absolute Gasteiger partial charge is 0.457 e. The molecule has 2 unspecified atom stereocenters. The van der Waals surface area contributed by atoms with E-state index in [9.17, 15) is 14.3 Å². The van der Waals surface area contributed by atoms with Crippen LogP contribution in [0, 0.1) is 0 Å². The molecule has 0 saturated heterocycles. The number of ether oxygens (including phenoxy) is 2. The SMILES string of the molecule is CCCCCCCCCCCCCCCCCCCCCCCCCC(=O)OC(COCCCCCCCCCCCCCCCCCCCCCCC)COP(=O)(O)OCCN. The third-order valence-corrected chi connectivity index (χ3v) is 13.8. The second-order valence-corrected chi connectivity index (χ2v) is 20.6. The predicted molar refractivity (Wildman–Crippen MR) is 271 cm³/mol. The van der Waals surface area contributed by atoms with Crippen LogP contribution in [0.2, 0.25) is 0 Å². The molecule has 0 fully saturated rings. The van der Waals surface area contributed by atoms with Gasteiger partial charge in [0.25, 0.3) is 0 Å². The lowest BCUT2D eigenvalue weighted by Gasteiger charge is -2.20. The molecular formula is C54H110NO7P. The Labute approximate surface area is 392 Å². The summed E-state index contributed by atoms with van der Waals surface area (Å²) in [6.07, 6.45) is 58.7. The number of hydrogen-bond donors (Lipinski definition) is 2. The number of phosphoric acid groups is 1. The van der Waals surface area contributed by atoms with Gasteiger partial charge in [-0.3, -0.25) is 13.8 Å². The molecule has 8 nitrogen and oxygen atoms in total. The van der Waals surface area contributed by atoms with E-state index in [0.717, 1.165) is 32.1 Å². The van der Waals surface area contributed by atoms with Crippen molar-refractivity contribution in [2.75, 3.05) is 33.0 Å². The maximum atomic E-state index is 12.7. The Balaban J connectivity index is 3.83. The summed E-state index contributed by atoms with van der Waals surface area (Å²) in [7, 11) is -4.28. The summed E-state index contributed by atoms with van der Waals surface area (Å²) in [4.78, 5) is 22.6. The number of hydrogen-bond acceptors (Lipinski definition) is 7. The molecule has 2 atom stereocenters. The van der Waals surface area contributed by atoms with E-state index in [4.69, 9.17) is 24.3 Å². The van der Waals surface area contributed by atoms with E-state index in [2.05, 4.69) is 13.8 Å². The summed E-state index contributed by atoms with van der Waals surface area (Å²) in [6.45, 7) is 5.02. The summed E-state index contributed by atoms with van der Waals surface area (Å²) < 4.78 is 33.7. The van der Waals surface area contributed by atoms with Crippen LogP contribution in [-0.2, 0) is 27.9 Å². The second kappa shape index (κ2) is 52.5. The third kappa shape index (κ3) is 52.3. The van der Waals surface area contributed by atoms with Crippen LogP contribution in [0.1, 0.15) is 303 Å². The molecule has 9 heteroatoms. The molecule has 0 amide bonds. The zero-order chi connectivity index (χ0) is 45.8. The van der Waals surface area contributed by atoms with Crippen molar-refractivity contribution >= 4 is 13.8 Å². The standard InChI is InChI=1S/C54H110NO7P/c1-3-5-7-9-11-13-15-17-19-21-23-25-26-27-29-31-33-35-37-39-41-43-45-47-54(56)62-53(52-61-63(57,58)60-50-48-55)51-59-49-46-44-42-40-38-36-34-32-30-28-24-22-20-18-16-14-12-10-8-6-4-2/h53H,3-52,55H2,1-2H3,(H,57,58). The number of carbonyl (C=O) groups is 1. The Bertz CT molecular complexity index is 940. The fourth-order valence-electron chi connectivity index (χ4n) is 8.65. The van der Waals surface area contributed by atoms with E-state index in [1.54, 1.807) is 0 Å². The number of rotatable bonds is 55. The fraction of sp³-hybridized carbons (Fsp3) is 0.981. The summed E-state index contributed by atoms with van der Waals surface area (Å²) in [5, 5.41) is 0. The van der Waals surface area contributed by atoms with Crippen molar-refractivity contribution in [3.8, 4) is 0 Å². The predicted octanol–water partition coefficient (Wildman–Crippen LogP) is 17.6. The first-order valence-corrected chi connectivity index (χ1v) is 29.5. The summed E-state index contributed by atoms with van der Waals surface area (Å²) in [6, 6.07) is 0. The first-order chi connectivity index (χ1) is 30.9. The first kappa shape index (κ1) is 62.5. The van der Waals surface area contributed by atoms with Crippen LogP contribution in [0.4, 0.5) is 0 Å². The highest BCUT2D eigenvalue weighted by atomic mass is 31.2. The van der Waals surface area contributed by atoms with Crippen LogP contribution in [-0.4, -0.2) is 49.9 Å². The average Bonchev–Trinajstić information content (AvgIpc) is 3.28. The molecule has 0 aliphatic heterocycles. The van der Waals surface area contributed by atoms with Crippen molar-refractivity contribution in [2.24, 2.45) is 5.73 Å². The van der Waals surface area contributed by atoms with Gasteiger partial charge in [-0.05, 0) is 12.8 Å². The number of carbonyl (C=O) groups excluding carboxylic acids is 1. The van der Waals surface area contributed by atoms with Gasteiger partial charge in [0.2, 0.25) is 0 Å². The molecule has 0 spiro atoms. The summed E-state index contributed by atoms with van der Waals surface area (Å²) >= 11 is 0. The van der Waals surface area contributed by atoms with Gasteiger partial charge < -0.3 is 20.1 Å². The van der Waals surface area contributed by atoms with E-state index < -0.39 is 13.9 Å². The fourth-order valence-corrected chi connectivity index (χ4v) is 9.41. The quantitative estimate of drug-likeness (QED) is 0.0352. The zero-order valence-corrected chi connectivity index (χ0v) is 43.2. The Morgan fingerprint density at radius 3 is 1.00 bits per heavy atom. The molecule has 0 aromatic rings. The van der Waals surface area contributed by atoms with Gasteiger partial charge in [0.05, 0.1) is 19.8 Å². The van der Waals surface area contributed by atoms with Crippen LogP contribution in [0.3, 0.4) is 0 Å². The van der Waals surface area contributed by atoms with Crippen LogP contribution in [0.25, 0.3) is 0 Å². The Morgan fingerprint density at radius 1 is 0.413 bits per heavy atom. The summed E-state index contributed by atoms with van der Waals surface area (Å²) in [5.74, 6) is -0.319. The third-order valence-electron chi connectivity index (χ3n) is 12.8. The Morgan fingerprint density at radius 2 is 0.698 bits per heavy atom. The van der Waals surface area contributed by atoms with Crippen LogP contribution >= 0.6 is 7.82 Å². The highest BCUT2D eigenvalue weighted by molar-refractivity contribution is 7.47. The van der Waals surface area contributed by atoms with Crippen LogP contribution in [0.5, 0.6) is 0 Å². The normalized spacial score (nSPS) is 13.1. The van der Waals surface area contributed by atoms with Crippen LogP contribution < -0.4 is 5.73 Å². The van der Waals surface area contributed by atoms with Gasteiger partial charge in [-0.2, -0.15) is 0 Å². The number of unbranched alkanes of at least 4 members (excludes halogenated alkanes) is 42. The Hall–Kier alpha value is -0.500. The molecule has 0 aromatic heterocycles. The van der Waals surface area contributed by atoms with Gasteiger partial charge in [0.1, 0.15) is 6.10 Å². The molecule has 0 heterocycles. The van der Waals surface area contributed by atoms with Crippen molar-refractivity contribution in [2.45, 2.75) is 309 Å². The minimum absolute atomic E-state index is 0.0895. The zero-order valence-electron chi connectivity index (χ0n) is 42.4. The van der Waals surface area contributed by atoms with Gasteiger partial charge in [-0.1, -0.05) is 284 Å². The lowest BCUT2D eigenvalue weighted by atomic mass is 10.0. The maximum absolute atomic E-state index is 12.7. The van der Waals surface area contributed by atoms with E-state index in [-0.39, 0.29) is 32.3 Å². The van der Waals surface area contributed by atoms with Crippen molar-refractivity contribution < 1.29 is 32.8 Å². The lowest BCUT2D eigenvalue weighted by Crippen LogP contribution is -2.28. The van der Waals surface area contributed by atoms with E-state index in [1.165, 1.54) is 250 Å². The molecule has 0 aliphatic rings. The van der Waals surface area contributed by atoms with Gasteiger partial charge in [-0.15, -0.1) is 0 Å². The van der Waals surface area contributed by atoms with Gasteiger partial charge in [0.15, 0.2) is 0 Å². The maximum Gasteiger partial charge on any atom is 0.472 e. The average molecular weight is 916 g/mol. The first-order valence-electron chi connectivity index (χ1n) is 28.0.